The number of carbonyl (C=O) groups is 1. The van der Waals surface area contributed by atoms with Crippen molar-refractivity contribution in [3.8, 4) is 0 Å². The van der Waals surface area contributed by atoms with E-state index in [4.69, 9.17) is 4.74 Å². The van der Waals surface area contributed by atoms with Gasteiger partial charge < -0.3 is 4.74 Å². The number of ether oxygens (including phenoxy) is 1. The van der Waals surface area contributed by atoms with Crippen LogP contribution in [-0.4, -0.2) is 12.1 Å². The Bertz CT molecular complexity index is 1080. The van der Waals surface area contributed by atoms with Crippen LogP contribution in [0.1, 0.15) is 216 Å². The summed E-state index contributed by atoms with van der Waals surface area (Å²) in [6, 6.07) is 0. The standard InChI is InChI=1S/C46H80O2/c1-9-10-11-12-13-14-15-16-17-18-19-20-21-25-41(47)48-40-29-31-45-34-46(45)33-32-43(7)37(36(4)24-22-23-35(2)3)28-30-44(43,8)39(46)27-26-38(45)42(40,5)6/h23,36-40H,9-22,24-34H2,1-8H3/t36-,37-,38+,39+,40+,43-,44+,45-,46+/m1/s1. The Morgan fingerprint density at radius 3 is 1.92 bits per heavy atom. The molecule has 0 N–H and O–H groups in total. The summed E-state index contributed by atoms with van der Waals surface area (Å²) >= 11 is 0. The Hall–Kier alpha value is -0.790. The van der Waals surface area contributed by atoms with Crippen LogP contribution in [0.25, 0.3) is 0 Å². The summed E-state index contributed by atoms with van der Waals surface area (Å²) in [6.07, 6.45) is 35.7. The molecule has 5 aliphatic carbocycles. The van der Waals surface area contributed by atoms with Gasteiger partial charge in [0.25, 0.3) is 0 Å². The number of allylic oxidation sites excluding steroid dienone is 2. The molecule has 0 amide bonds. The van der Waals surface area contributed by atoms with Crippen LogP contribution in [0.3, 0.4) is 0 Å². The molecule has 0 saturated heterocycles. The van der Waals surface area contributed by atoms with Gasteiger partial charge in [-0.1, -0.05) is 130 Å². The molecule has 0 aromatic heterocycles. The monoisotopic (exact) mass is 665 g/mol. The second kappa shape index (κ2) is 15.8. The Kier molecular flexibility index (Phi) is 12.7. The molecule has 2 spiro atoms. The van der Waals surface area contributed by atoms with Gasteiger partial charge in [0.05, 0.1) is 0 Å². The fraction of sp³-hybridized carbons (Fsp3) is 0.935. The molecule has 5 fully saturated rings. The highest BCUT2D eigenvalue weighted by Crippen LogP contribution is 2.89. The lowest BCUT2D eigenvalue weighted by Crippen LogP contribution is -2.58. The van der Waals surface area contributed by atoms with Crippen LogP contribution >= 0.6 is 0 Å². The first-order chi connectivity index (χ1) is 22.9. The molecule has 276 valence electrons. The van der Waals surface area contributed by atoms with Crippen molar-refractivity contribution in [1.29, 1.82) is 0 Å². The molecular weight excluding hydrogens is 585 g/mol. The van der Waals surface area contributed by atoms with Gasteiger partial charge in [-0.15, -0.1) is 0 Å². The van der Waals surface area contributed by atoms with Crippen LogP contribution in [0, 0.1) is 50.7 Å². The SMILES string of the molecule is CCCCCCCCCCCCCCCC(=O)O[C@H]1CC[C@]23C[C@]24CC[C@]2(C)[C@@H]([C@H](C)CCC=C(C)C)CC[C@@]2(C)[C@@H]4CC[C@H]3C1(C)C. The van der Waals surface area contributed by atoms with E-state index < -0.39 is 0 Å². The van der Waals surface area contributed by atoms with E-state index in [9.17, 15) is 4.79 Å². The van der Waals surface area contributed by atoms with Gasteiger partial charge in [0.15, 0.2) is 0 Å². The second-order valence-corrected chi connectivity index (χ2v) is 19.8. The molecule has 5 aliphatic rings. The highest BCUT2D eigenvalue weighted by atomic mass is 16.5. The van der Waals surface area contributed by atoms with Crippen LogP contribution in [0.4, 0.5) is 0 Å². The largest absolute Gasteiger partial charge is 0.462 e. The molecule has 0 radical (unpaired) electrons. The van der Waals surface area contributed by atoms with E-state index in [2.05, 4.69) is 61.5 Å². The first-order valence-electron chi connectivity index (χ1n) is 21.7. The lowest BCUT2D eigenvalue weighted by Gasteiger charge is -2.63. The van der Waals surface area contributed by atoms with E-state index >= 15 is 0 Å². The maximum atomic E-state index is 13.1. The molecule has 5 rings (SSSR count). The van der Waals surface area contributed by atoms with Crippen molar-refractivity contribution in [2.75, 3.05) is 0 Å². The van der Waals surface area contributed by atoms with E-state index in [1.54, 1.807) is 0 Å². The van der Waals surface area contributed by atoms with E-state index in [0.29, 0.717) is 28.1 Å². The van der Waals surface area contributed by atoms with Crippen LogP contribution in [0.2, 0.25) is 0 Å². The molecule has 0 unspecified atom stereocenters. The molecule has 0 aliphatic heterocycles. The fourth-order valence-corrected chi connectivity index (χ4v) is 13.8. The van der Waals surface area contributed by atoms with Gasteiger partial charge in [-0.3, -0.25) is 4.79 Å². The smallest absolute Gasteiger partial charge is 0.306 e. The van der Waals surface area contributed by atoms with Crippen molar-refractivity contribution < 1.29 is 9.53 Å². The number of hydrogen-bond acceptors (Lipinski definition) is 2. The third kappa shape index (κ3) is 7.28. The molecule has 2 heteroatoms. The van der Waals surface area contributed by atoms with Crippen molar-refractivity contribution in [2.45, 2.75) is 222 Å². The zero-order chi connectivity index (χ0) is 34.6. The summed E-state index contributed by atoms with van der Waals surface area (Å²) in [5.74, 6) is 3.43. The number of esters is 1. The summed E-state index contributed by atoms with van der Waals surface area (Å²) < 4.78 is 6.41. The predicted molar refractivity (Wildman–Crippen MR) is 205 cm³/mol. The zero-order valence-electron chi connectivity index (χ0n) is 33.5. The van der Waals surface area contributed by atoms with Crippen molar-refractivity contribution in [3.05, 3.63) is 11.6 Å². The van der Waals surface area contributed by atoms with E-state index in [-0.39, 0.29) is 17.5 Å². The van der Waals surface area contributed by atoms with Crippen molar-refractivity contribution in [3.63, 3.8) is 0 Å². The zero-order valence-corrected chi connectivity index (χ0v) is 33.5. The van der Waals surface area contributed by atoms with Crippen molar-refractivity contribution in [2.24, 2.45) is 50.7 Å². The first kappa shape index (κ1) is 38.4. The van der Waals surface area contributed by atoms with Gasteiger partial charge in [0.2, 0.25) is 0 Å². The lowest BCUT2D eigenvalue weighted by molar-refractivity contribution is -0.183. The Morgan fingerprint density at radius 1 is 0.708 bits per heavy atom. The van der Waals surface area contributed by atoms with Crippen LogP contribution < -0.4 is 0 Å². The maximum absolute atomic E-state index is 13.1. The Labute approximate surface area is 299 Å². The molecule has 0 aromatic carbocycles. The van der Waals surface area contributed by atoms with Crippen LogP contribution in [0.5, 0.6) is 0 Å². The number of hydrogen-bond donors (Lipinski definition) is 0. The number of rotatable bonds is 19. The Morgan fingerprint density at radius 2 is 1.29 bits per heavy atom. The van der Waals surface area contributed by atoms with Crippen molar-refractivity contribution >= 4 is 5.97 Å². The summed E-state index contributed by atoms with van der Waals surface area (Å²) in [7, 11) is 0. The third-order valence-electron chi connectivity index (χ3n) is 16.7. The van der Waals surface area contributed by atoms with Gasteiger partial charge in [0.1, 0.15) is 6.10 Å². The highest BCUT2D eigenvalue weighted by molar-refractivity contribution is 5.69. The third-order valence-corrected chi connectivity index (χ3v) is 16.7. The van der Waals surface area contributed by atoms with Gasteiger partial charge in [-0.2, -0.15) is 0 Å². The highest BCUT2D eigenvalue weighted by Gasteiger charge is 2.82. The number of fused-ring (bicyclic) bond motifs is 2. The van der Waals surface area contributed by atoms with E-state index in [1.807, 2.05) is 0 Å². The second-order valence-electron chi connectivity index (χ2n) is 19.8. The number of carbonyl (C=O) groups excluding carboxylic acids is 1. The predicted octanol–water partition coefficient (Wildman–Crippen LogP) is 14.2. The van der Waals surface area contributed by atoms with Gasteiger partial charge >= 0.3 is 5.97 Å². The molecule has 2 nitrogen and oxygen atoms in total. The summed E-state index contributed by atoms with van der Waals surface area (Å²) in [6.45, 7) is 19.9. The molecule has 48 heavy (non-hydrogen) atoms. The van der Waals surface area contributed by atoms with Gasteiger partial charge in [-0.25, -0.2) is 0 Å². The first-order valence-corrected chi connectivity index (χ1v) is 21.7. The normalized spacial score (nSPS) is 38.2. The molecule has 0 heterocycles. The Balaban J connectivity index is 1.07. The summed E-state index contributed by atoms with van der Waals surface area (Å²) in [5.41, 5.74) is 3.66. The van der Waals surface area contributed by atoms with Crippen LogP contribution in [0.15, 0.2) is 11.6 Å². The minimum Gasteiger partial charge on any atom is -0.462 e. The number of unbranched alkanes of at least 4 members (excludes halogenated alkanes) is 12. The van der Waals surface area contributed by atoms with E-state index in [0.717, 1.165) is 36.5 Å². The van der Waals surface area contributed by atoms with E-state index in [1.165, 1.54) is 147 Å². The molecule has 0 bridgehead atoms. The quantitative estimate of drug-likeness (QED) is 0.0780. The summed E-state index contributed by atoms with van der Waals surface area (Å²) in [4.78, 5) is 13.1. The molecule has 0 aromatic rings. The topological polar surface area (TPSA) is 26.3 Å². The average molecular weight is 665 g/mol. The minimum absolute atomic E-state index is 0.0861. The van der Waals surface area contributed by atoms with Crippen molar-refractivity contribution in [1.82, 2.24) is 0 Å². The fourth-order valence-electron chi connectivity index (χ4n) is 13.8. The summed E-state index contributed by atoms with van der Waals surface area (Å²) in [5, 5.41) is 0. The van der Waals surface area contributed by atoms with Gasteiger partial charge in [-0.05, 0) is 136 Å². The van der Waals surface area contributed by atoms with Crippen LogP contribution in [-0.2, 0) is 9.53 Å². The molecular formula is C46H80O2. The molecule has 5 saturated carbocycles. The minimum atomic E-state index is 0.0861. The lowest BCUT2D eigenvalue weighted by atomic mass is 9.41. The molecule has 9 atom stereocenters. The maximum Gasteiger partial charge on any atom is 0.306 e. The average Bonchev–Trinajstić information content (AvgIpc) is 3.62. The van der Waals surface area contributed by atoms with Gasteiger partial charge in [0, 0.05) is 11.8 Å².